The maximum atomic E-state index is 12.1. The normalized spacial score (nSPS) is 18.9. The van der Waals surface area contributed by atoms with E-state index in [0.717, 1.165) is 6.42 Å². The SMILES string of the molecule is CCOC(=O)C1CCCN1C(=O)c1c[nH]c(=O)[nH]1. The summed E-state index contributed by atoms with van der Waals surface area (Å²) in [4.78, 5) is 41.0. The van der Waals surface area contributed by atoms with E-state index in [4.69, 9.17) is 4.74 Å². The summed E-state index contributed by atoms with van der Waals surface area (Å²) in [5.74, 6) is -0.745. The molecule has 1 fully saturated rings. The van der Waals surface area contributed by atoms with E-state index in [1.54, 1.807) is 6.92 Å². The van der Waals surface area contributed by atoms with Gasteiger partial charge in [-0.2, -0.15) is 0 Å². The van der Waals surface area contributed by atoms with Crippen LogP contribution < -0.4 is 5.69 Å². The maximum Gasteiger partial charge on any atom is 0.328 e. The molecule has 1 aliphatic rings. The Hall–Kier alpha value is -2.05. The van der Waals surface area contributed by atoms with Gasteiger partial charge in [0.05, 0.1) is 6.61 Å². The second kappa shape index (κ2) is 5.07. The highest BCUT2D eigenvalue weighted by atomic mass is 16.5. The minimum atomic E-state index is -0.546. The lowest BCUT2D eigenvalue weighted by Gasteiger charge is -2.22. The largest absolute Gasteiger partial charge is 0.464 e. The van der Waals surface area contributed by atoms with Gasteiger partial charge in [-0.05, 0) is 19.8 Å². The van der Waals surface area contributed by atoms with Gasteiger partial charge in [0, 0.05) is 12.7 Å². The number of H-pyrrole nitrogens is 2. The molecule has 0 saturated carbocycles. The van der Waals surface area contributed by atoms with Crippen molar-refractivity contribution in [1.82, 2.24) is 14.9 Å². The van der Waals surface area contributed by atoms with Crippen LogP contribution in [0.1, 0.15) is 30.3 Å². The van der Waals surface area contributed by atoms with Crippen LogP contribution in [0.4, 0.5) is 0 Å². The molecule has 0 aromatic carbocycles. The van der Waals surface area contributed by atoms with Crippen LogP contribution in [0, 0.1) is 0 Å². The third kappa shape index (κ3) is 2.29. The Morgan fingerprint density at radius 2 is 2.33 bits per heavy atom. The smallest absolute Gasteiger partial charge is 0.328 e. The first-order valence-corrected chi connectivity index (χ1v) is 5.88. The summed E-state index contributed by atoms with van der Waals surface area (Å²) >= 11 is 0. The fraction of sp³-hybridized carbons (Fsp3) is 0.545. The van der Waals surface area contributed by atoms with Crippen LogP contribution in [-0.4, -0.2) is 45.9 Å². The Morgan fingerprint density at radius 3 is 2.94 bits per heavy atom. The predicted octanol–water partition coefficient (Wildman–Crippen LogP) is -0.129. The second-order valence-corrected chi connectivity index (χ2v) is 4.07. The number of nitrogens with zero attached hydrogens (tertiary/aromatic N) is 1. The van der Waals surface area contributed by atoms with Crippen molar-refractivity contribution in [1.29, 1.82) is 0 Å². The monoisotopic (exact) mass is 253 g/mol. The van der Waals surface area contributed by atoms with Gasteiger partial charge >= 0.3 is 11.7 Å². The van der Waals surface area contributed by atoms with Crippen LogP contribution in [0.3, 0.4) is 0 Å². The van der Waals surface area contributed by atoms with Crippen molar-refractivity contribution in [3.8, 4) is 0 Å². The van der Waals surface area contributed by atoms with Gasteiger partial charge in [-0.3, -0.25) is 4.79 Å². The van der Waals surface area contributed by atoms with Gasteiger partial charge in [-0.1, -0.05) is 0 Å². The molecule has 1 aromatic rings. The Kier molecular flexibility index (Phi) is 3.50. The van der Waals surface area contributed by atoms with E-state index in [9.17, 15) is 14.4 Å². The van der Waals surface area contributed by atoms with E-state index in [2.05, 4.69) is 9.97 Å². The molecular weight excluding hydrogens is 238 g/mol. The highest BCUT2D eigenvalue weighted by molar-refractivity contribution is 5.95. The van der Waals surface area contributed by atoms with E-state index < -0.39 is 11.7 Å². The average molecular weight is 253 g/mol. The Labute approximate surface area is 103 Å². The first-order valence-electron chi connectivity index (χ1n) is 5.88. The van der Waals surface area contributed by atoms with Crippen molar-refractivity contribution in [3.63, 3.8) is 0 Å². The number of aromatic amines is 2. The molecule has 98 valence electrons. The van der Waals surface area contributed by atoms with Gasteiger partial charge in [-0.15, -0.1) is 0 Å². The number of nitrogens with one attached hydrogen (secondary N) is 2. The molecule has 1 saturated heterocycles. The van der Waals surface area contributed by atoms with Gasteiger partial charge in [-0.25, -0.2) is 9.59 Å². The number of carbonyl (C=O) groups excluding carboxylic acids is 2. The van der Waals surface area contributed by atoms with Gasteiger partial charge in [0.25, 0.3) is 5.91 Å². The summed E-state index contributed by atoms with van der Waals surface area (Å²) in [5, 5.41) is 0. The van der Waals surface area contributed by atoms with Crippen molar-refractivity contribution < 1.29 is 14.3 Å². The van der Waals surface area contributed by atoms with Gasteiger partial charge in [0.15, 0.2) is 0 Å². The van der Waals surface area contributed by atoms with Crippen LogP contribution in [0.25, 0.3) is 0 Å². The molecule has 0 spiro atoms. The van der Waals surface area contributed by atoms with E-state index in [1.807, 2.05) is 0 Å². The first-order chi connectivity index (χ1) is 8.63. The lowest BCUT2D eigenvalue weighted by molar-refractivity contribution is -0.147. The molecule has 1 amide bonds. The van der Waals surface area contributed by atoms with E-state index >= 15 is 0 Å². The first kappa shape index (κ1) is 12.4. The molecule has 2 heterocycles. The van der Waals surface area contributed by atoms with Crippen molar-refractivity contribution in [2.75, 3.05) is 13.2 Å². The van der Waals surface area contributed by atoms with Crippen LogP contribution in [0.15, 0.2) is 11.0 Å². The summed E-state index contributed by atoms with van der Waals surface area (Å²) in [6.45, 7) is 2.51. The molecule has 2 rings (SSSR count). The van der Waals surface area contributed by atoms with E-state index in [-0.39, 0.29) is 17.6 Å². The number of hydrogen-bond acceptors (Lipinski definition) is 4. The lowest BCUT2D eigenvalue weighted by atomic mass is 10.2. The van der Waals surface area contributed by atoms with Crippen LogP contribution in [-0.2, 0) is 9.53 Å². The summed E-state index contributed by atoms with van der Waals surface area (Å²) in [7, 11) is 0. The summed E-state index contributed by atoms with van der Waals surface area (Å²) in [6, 6.07) is -0.546. The summed E-state index contributed by atoms with van der Waals surface area (Å²) < 4.78 is 4.93. The second-order valence-electron chi connectivity index (χ2n) is 4.07. The number of imidazole rings is 1. The van der Waals surface area contributed by atoms with Crippen LogP contribution in [0.5, 0.6) is 0 Å². The standard InChI is InChI=1S/C11H15N3O4/c1-2-18-10(16)8-4-3-5-14(8)9(15)7-6-12-11(17)13-7/h6,8H,2-5H2,1H3,(H2,12,13,17). The minimum absolute atomic E-state index is 0.163. The molecule has 18 heavy (non-hydrogen) atoms. The van der Waals surface area contributed by atoms with Crippen molar-refractivity contribution in [3.05, 3.63) is 22.4 Å². The maximum absolute atomic E-state index is 12.1. The predicted molar refractivity (Wildman–Crippen MR) is 62.1 cm³/mol. The molecule has 2 N–H and O–H groups in total. The zero-order valence-electron chi connectivity index (χ0n) is 10.1. The Bertz CT molecular complexity index is 504. The van der Waals surface area contributed by atoms with Crippen molar-refractivity contribution >= 4 is 11.9 Å². The third-order valence-corrected chi connectivity index (χ3v) is 2.90. The molecule has 0 aliphatic carbocycles. The molecular formula is C11H15N3O4. The molecule has 7 nitrogen and oxygen atoms in total. The topological polar surface area (TPSA) is 95.3 Å². The van der Waals surface area contributed by atoms with Crippen molar-refractivity contribution in [2.24, 2.45) is 0 Å². The number of aromatic nitrogens is 2. The number of likely N-dealkylation sites (tertiary alicyclic amines) is 1. The highest BCUT2D eigenvalue weighted by Gasteiger charge is 2.35. The quantitative estimate of drug-likeness (QED) is 0.733. The summed E-state index contributed by atoms with van der Waals surface area (Å²) in [6.07, 6.45) is 2.66. The molecule has 0 radical (unpaired) electrons. The van der Waals surface area contributed by atoms with E-state index in [1.165, 1.54) is 11.1 Å². The lowest BCUT2D eigenvalue weighted by Crippen LogP contribution is -2.41. The van der Waals surface area contributed by atoms with E-state index in [0.29, 0.717) is 19.6 Å². The van der Waals surface area contributed by atoms with Crippen LogP contribution >= 0.6 is 0 Å². The minimum Gasteiger partial charge on any atom is -0.464 e. The van der Waals surface area contributed by atoms with Crippen LogP contribution in [0.2, 0.25) is 0 Å². The fourth-order valence-electron chi connectivity index (χ4n) is 2.10. The number of rotatable bonds is 3. The number of ether oxygens (including phenoxy) is 1. The van der Waals surface area contributed by atoms with Gasteiger partial charge in [0.1, 0.15) is 11.7 Å². The molecule has 1 aromatic heterocycles. The zero-order valence-corrected chi connectivity index (χ0v) is 10.1. The molecule has 7 heteroatoms. The molecule has 0 bridgehead atoms. The Balaban J connectivity index is 2.14. The highest BCUT2D eigenvalue weighted by Crippen LogP contribution is 2.20. The van der Waals surface area contributed by atoms with Gasteiger partial charge in [0.2, 0.25) is 0 Å². The van der Waals surface area contributed by atoms with Crippen molar-refractivity contribution in [2.45, 2.75) is 25.8 Å². The zero-order chi connectivity index (χ0) is 13.1. The molecule has 1 atom stereocenters. The molecule has 1 unspecified atom stereocenters. The Morgan fingerprint density at radius 1 is 1.56 bits per heavy atom. The molecule has 1 aliphatic heterocycles. The average Bonchev–Trinajstić information content (AvgIpc) is 2.96. The number of amides is 1. The third-order valence-electron chi connectivity index (χ3n) is 2.90. The number of esters is 1. The summed E-state index contributed by atoms with van der Waals surface area (Å²) in [5.41, 5.74) is -0.276. The number of hydrogen-bond donors (Lipinski definition) is 2. The fourth-order valence-corrected chi connectivity index (χ4v) is 2.10. The number of carbonyl (C=O) groups is 2. The van der Waals surface area contributed by atoms with Gasteiger partial charge < -0.3 is 19.6 Å².